The molecule has 2 N–H and O–H groups in total. The number of rotatable bonds is 4. The summed E-state index contributed by atoms with van der Waals surface area (Å²) >= 11 is 11.0. The van der Waals surface area contributed by atoms with Gasteiger partial charge in [-0.05, 0) is 40.8 Å². The van der Waals surface area contributed by atoms with Gasteiger partial charge >= 0.3 is 0 Å². The molecule has 2 atom stereocenters. The van der Waals surface area contributed by atoms with Crippen LogP contribution in [0.15, 0.2) is 10.5 Å². The first-order valence-corrected chi connectivity index (χ1v) is 8.33. The molecule has 18 heavy (non-hydrogen) atoms. The highest BCUT2D eigenvalue weighted by Crippen LogP contribution is 2.34. The van der Waals surface area contributed by atoms with Crippen molar-refractivity contribution >= 4 is 38.9 Å². The standard InChI is InChI=1S/C13H19BrClNOS/c1-9-3-2-4-13(6-9,8-17)16-7-10-5-11(14)12(15)18-10/h5,9,16-17H,2-4,6-8H2,1H3. The molecule has 0 radical (unpaired) electrons. The molecule has 2 nitrogen and oxygen atoms in total. The van der Waals surface area contributed by atoms with Crippen LogP contribution in [0.4, 0.5) is 0 Å². The van der Waals surface area contributed by atoms with Crippen molar-refractivity contribution in [3.63, 3.8) is 0 Å². The van der Waals surface area contributed by atoms with Crippen LogP contribution in [0.3, 0.4) is 0 Å². The highest BCUT2D eigenvalue weighted by atomic mass is 79.9. The van der Waals surface area contributed by atoms with E-state index in [0.29, 0.717) is 5.92 Å². The van der Waals surface area contributed by atoms with Gasteiger partial charge in [0, 0.05) is 21.4 Å². The SMILES string of the molecule is CC1CCCC(CO)(NCc2cc(Br)c(Cl)s2)C1. The summed E-state index contributed by atoms with van der Waals surface area (Å²) in [6.45, 7) is 3.27. The van der Waals surface area contributed by atoms with Gasteiger partial charge in [0.15, 0.2) is 0 Å². The van der Waals surface area contributed by atoms with Crippen molar-refractivity contribution in [3.05, 3.63) is 19.8 Å². The van der Waals surface area contributed by atoms with Gasteiger partial charge in [-0.25, -0.2) is 0 Å². The van der Waals surface area contributed by atoms with Crippen LogP contribution in [0.5, 0.6) is 0 Å². The smallest absolute Gasteiger partial charge is 0.107 e. The summed E-state index contributed by atoms with van der Waals surface area (Å²) < 4.78 is 1.75. The van der Waals surface area contributed by atoms with Crippen molar-refractivity contribution in [2.45, 2.75) is 44.7 Å². The number of nitrogens with one attached hydrogen (secondary N) is 1. The molecule has 1 aromatic heterocycles. The van der Waals surface area contributed by atoms with Gasteiger partial charge in [-0.2, -0.15) is 0 Å². The summed E-state index contributed by atoms with van der Waals surface area (Å²) in [4.78, 5) is 1.21. The van der Waals surface area contributed by atoms with Gasteiger partial charge in [0.2, 0.25) is 0 Å². The maximum Gasteiger partial charge on any atom is 0.107 e. The summed E-state index contributed by atoms with van der Waals surface area (Å²) in [6.07, 6.45) is 4.60. The Balaban J connectivity index is 1.98. The Bertz CT molecular complexity index is 392. The molecule has 2 rings (SSSR count). The van der Waals surface area contributed by atoms with Crippen LogP contribution in [0.25, 0.3) is 0 Å². The second kappa shape index (κ2) is 6.23. The Labute approximate surface area is 126 Å². The number of hydrogen-bond donors (Lipinski definition) is 2. The zero-order valence-electron chi connectivity index (χ0n) is 10.5. The highest BCUT2D eigenvalue weighted by molar-refractivity contribution is 9.10. The fourth-order valence-electron chi connectivity index (χ4n) is 2.77. The number of hydrogen-bond acceptors (Lipinski definition) is 3. The Hall–Kier alpha value is 0.390. The van der Waals surface area contributed by atoms with E-state index >= 15 is 0 Å². The first-order chi connectivity index (χ1) is 8.54. The van der Waals surface area contributed by atoms with Crippen LogP contribution in [-0.4, -0.2) is 17.3 Å². The minimum Gasteiger partial charge on any atom is -0.394 e. The molecular formula is C13H19BrClNOS. The van der Waals surface area contributed by atoms with Gasteiger partial charge in [0.05, 0.1) is 6.61 Å². The van der Waals surface area contributed by atoms with Gasteiger partial charge in [0.1, 0.15) is 4.34 Å². The van der Waals surface area contributed by atoms with Crippen molar-refractivity contribution in [1.82, 2.24) is 5.32 Å². The molecule has 0 bridgehead atoms. The fraction of sp³-hybridized carbons (Fsp3) is 0.692. The van der Waals surface area contributed by atoms with E-state index in [1.807, 2.05) is 0 Å². The summed E-state index contributed by atoms with van der Waals surface area (Å²) in [5.74, 6) is 0.692. The summed E-state index contributed by atoms with van der Waals surface area (Å²) in [5, 5.41) is 13.3. The van der Waals surface area contributed by atoms with Crippen molar-refractivity contribution < 1.29 is 5.11 Å². The first kappa shape index (κ1) is 14.8. The van der Waals surface area contributed by atoms with Crippen LogP contribution in [0.2, 0.25) is 4.34 Å². The Kier molecular flexibility index (Phi) is 5.12. The van der Waals surface area contributed by atoms with Crippen LogP contribution < -0.4 is 5.32 Å². The molecule has 1 fully saturated rings. The van der Waals surface area contributed by atoms with Crippen LogP contribution >= 0.6 is 38.9 Å². The Morgan fingerprint density at radius 2 is 2.44 bits per heavy atom. The van der Waals surface area contributed by atoms with E-state index in [0.717, 1.165) is 28.2 Å². The molecule has 1 aliphatic rings. The van der Waals surface area contributed by atoms with Crippen LogP contribution in [0.1, 0.15) is 37.5 Å². The molecule has 0 amide bonds. The van der Waals surface area contributed by atoms with E-state index in [1.165, 1.54) is 17.7 Å². The molecule has 1 aromatic rings. The monoisotopic (exact) mass is 351 g/mol. The summed E-state index contributed by atoms with van der Waals surface area (Å²) in [6, 6.07) is 2.05. The number of aliphatic hydroxyl groups excluding tert-OH is 1. The van der Waals surface area contributed by atoms with Gasteiger partial charge in [-0.1, -0.05) is 31.4 Å². The van der Waals surface area contributed by atoms with Gasteiger partial charge < -0.3 is 10.4 Å². The van der Waals surface area contributed by atoms with Gasteiger partial charge in [-0.15, -0.1) is 11.3 Å². The van der Waals surface area contributed by atoms with Gasteiger partial charge in [0.25, 0.3) is 0 Å². The molecule has 5 heteroatoms. The van der Waals surface area contributed by atoms with Crippen molar-refractivity contribution in [2.75, 3.05) is 6.61 Å². The molecule has 0 aliphatic heterocycles. The van der Waals surface area contributed by atoms with E-state index in [1.54, 1.807) is 11.3 Å². The maximum absolute atomic E-state index is 9.70. The van der Waals surface area contributed by atoms with Gasteiger partial charge in [-0.3, -0.25) is 0 Å². The molecule has 1 aliphatic carbocycles. The number of aliphatic hydroxyl groups is 1. The highest BCUT2D eigenvalue weighted by Gasteiger charge is 2.33. The lowest BCUT2D eigenvalue weighted by Crippen LogP contribution is -2.50. The van der Waals surface area contributed by atoms with E-state index in [4.69, 9.17) is 11.6 Å². The molecule has 0 spiro atoms. The maximum atomic E-state index is 9.70. The number of thiophene rings is 1. The molecule has 2 unspecified atom stereocenters. The number of halogens is 2. The van der Waals surface area contributed by atoms with Crippen LogP contribution in [-0.2, 0) is 6.54 Å². The molecule has 1 heterocycles. The van der Waals surface area contributed by atoms with E-state index in [-0.39, 0.29) is 12.1 Å². The van der Waals surface area contributed by atoms with Crippen molar-refractivity contribution in [2.24, 2.45) is 5.92 Å². The molecular weight excluding hydrogens is 334 g/mol. The Morgan fingerprint density at radius 3 is 3.00 bits per heavy atom. The minimum absolute atomic E-state index is 0.0966. The molecule has 0 aromatic carbocycles. The second-order valence-electron chi connectivity index (χ2n) is 5.33. The minimum atomic E-state index is -0.0966. The third kappa shape index (κ3) is 3.48. The molecule has 1 saturated carbocycles. The zero-order chi connectivity index (χ0) is 13.2. The Morgan fingerprint density at radius 1 is 1.67 bits per heavy atom. The summed E-state index contributed by atoms with van der Waals surface area (Å²) in [5.41, 5.74) is -0.0966. The topological polar surface area (TPSA) is 32.3 Å². The van der Waals surface area contributed by atoms with Crippen molar-refractivity contribution in [3.8, 4) is 0 Å². The quantitative estimate of drug-likeness (QED) is 0.851. The average Bonchev–Trinajstić information content (AvgIpc) is 2.67. The zero-order valence-corrected chi connectivity index (χ0v) is 13.7. The third-order valence-electron chi connectivity index (χ3n) is 3.73. The normalized spacial score (nSPS) is 28.6. The van der Waals surface area contributed by atoms with E-state index < -0.39 is 0 Å². The fourth-order valence-corrected chi connectivity index (χ4v) is 4.50. The summed E-state index contributed by atoms with van der Waals surface area (Å²) in [7, 11) is 0. The lowest BCUT2D eigenvalue weighted by Gasteiger charge is -2.39. The average molecular weight is 353 g/mol. The van der Waals surface area contributed by atoms with E-state index in [9.17, 15) is 5.11 Å². The van der Waals surface area contributed by atoms with Crippen LogP contribution in [0, 0.1) is 5.92 Å². The molecule has 102 valence electrons. The lowest BCUT2D eigenvalue weighted by molar-refractivity contribution is 0.0985. The van der Waals surface area contributed by atoms with Crippen molar-refractivity contribution in [1.29, 1.82) is 0 Å². The lowest BCUT2D eigenvalue weighted by atomic mass is 9.77. The second-order valence-corrected chi connectivity index (χ2v) is 7.92. The predicted octanol–water partition coefficient (Wildman–Crippen LogP) is 4.19. The first-order valence-electron chi connectivity index (χ1n) is 6.34. The largest absolute Gasteiger partial charge is 0.394 e. The molecule has 0 saturated heterocycles. The predicted molar refractivity (Wildman–Crippen MR) is 81.3 cm³/mol. The third-order valence-corrected chi connectivity index (χ3v) is 6.20. The van der Waals surface area contributed by atoms with E-state index in [2.05, 4.69) is 34.2 Å².